The number of hydrogen-bond acceptors (Lipinski definition) is 3. The average Bonchev–Trinajstić information content (AvgIpc) is 1.88. The van der Waals surface area contributed by atoms with Crippen molar-refractivity contribution in [3.63, 3.8) is 0 Å². The van der Waals surface area contributed by atoms with Gasteiger partial charge < -0.3 is 0 Å². The van der Waals surface area contributed by atoms with Gasteiger partial charge in [0, 0.05) is 0 Å². The first-order chi connectivity index (χ1) is 4.83. The Bertz CT molecular complexity index is 247. The molecule has 1 rings (SSSR count). The summed E-state index contributed by atoms with van der Waals surface area (Å²) in [5, 5.41) is 3.85. The molecule has 49 valence electrons. The predicted molar refractivity (Wildman–Crippen MR) is 35.4 cm³/mol. The Labute approximate surface area is 74.6 Å². The van der Waals surface area contributed by atoms with Crippen LogP contribution < -0.4 is 5.73 Å². The molecule has 0 amide bonds. The van der Waals surface area contributed by atoms with E-state index in [1.165, 1.54) is 0 Å². The minimum atomic E-state index is 0.723. The second-order valence-corrected chi connectivity index (χ2v) is 2.29. The standard InChI is InChI=1S/C6H6N3.Zr/c7-5-2-1-3-6(4-5)9-8;/h1-4H,7H2;/q-1;+1. The van der Waals surface area contributed by atoms with Crippen LogP contribution in [0.25, 0.3) is 0 Å². The van der Waals surface area contributed by atoms with Crippen molar-refractivity contribution in [2.45, 2.75) is 0 Å². The molecule has 3 nitrogen and oxygen atoms in total. The minimum absolute atomic E-state index is 0.723. The van der Waals surface area contributed by atoms with Gasteiger partial charge in [0.05, 0.1) is 0 Å². The molecule has 0 fully saturated rings. The van der Waals surface area contributed by atoms with E-state index in [1.54, 1.807) is 6.07 Å². The van der Waals surface area contributed by atoms with Crippen LogP contribution in [0.4, 0.5) is 11.4 Å². The van der Waals surface area contributed by atoms with Crippen LogP contribution in [0.5, 0.6) is 0 Å². The van der Waals surface area contributed by atoms with Crippen molar-refractivity contribution in [3.8, 4) is 0 Å². The molecular formula is C6H6N3Zr. The maximum atomic E-state index is 5.49. The van der Waals surface area contributed by atoms with E-state index in [2.05, 4.69) is 8.17 Å². The first kappa shape index (κ1) is 7.61. The van der Waals surface area contributed by atoms with Gasteiger partial charge in [0.2, 0.25) is 0 Å². The van der Waals surface area contributed by atoms with Gasteiger partial charge in [0.1, 0.15) is 0 Å². The molecule has 0 aliphatic heterocycles. The molecule has 2 N–H and O–H groups in total. The van der Waals surface area contributed by atoms with E-state index >= 15 is 0 Å². The van der Waals surface area contributed by atoms with Crippen molar-refractivity contribution in [1.29, 1.82) is 0 Å². The molecule has 1 aromatic rings. The second-order valence-electron chi connectivity index (χ2n) is 1.79. The van der Waals surface area contributed by atoms with Crippen LogP contribution in [-0.2, 0) is 25.0 Å². The molecule has 1 aromatic carbocycles. The van der Waals surface area contributed by atoms with Crippen molar-refractivity contribution >= 4 is 11.4 Å². The zero-order valence-electron chi connectivity index (χ0n) is 5.28. The fraction of sp³-hybridized carbons (Fsp3) is 0. The van der Waals surface area contributed by atoms with E-state index < -0.39 is 0 Å². The first-order valence-corrected chi connectivity index (χ1v) is 3.86. The van der Waals surface area contributed by atoms with E-state index in [4.69, 9.17) is 5.73 Å². The molecule has 4 heteroatoms. The van der Waals surface area contributed by atoms with Crippen LogP contribution >= 0.6 is 0 Å². The van der Waals surface area contributed by atoms with E-state index in [9.17, 15) is 0 Å². The van der Waals surface area contributed by atoms with Crippen molar-refractivity contribution in [2.75, 3.05) is 5.73 Å². The summed E-state index contributed by atoms with van der Waals surface area (Å²) >= 11 is 1.05. The van der Waals surface area contributed by atoms with Crippen LogP contribution in [0.2, 0.25) is 0 Å². The third-order valence-corrected chi connectivity index (χ3v) is 1.28. The summed E-state index contributed by atoms with van der Waals surface area (Å²) in [6.45, 7) is 0. The van der Waals surface area contributed by atoms with Crippen molar-refractivity contribution in [1.82, 2.24) is 0 Å². The van der Waals surface area contributed by atoms with Gasteiger partial charge in [-0.2, -0.15) is 0 Å². The van der Waals surface area contributed by atoms with Crippen LogP contribution in [0, 0.1) is 0 Å². The molecule has 0 spiro atoms. The zero-order chi connectivity index (χ0) is 7.40. The second kappa shape index (κ2) is 3.62. The van der Waals surface area contributed by atoms with E-state index in [1.807, 2.05) is 18.2 Å². The van der Waals surface area contributed by atoms with Gasteiger partial charge in [-0.3, -0.25) is 0 Å². The van der Waals surface area contributed by atoms with Gasteiger partial charge in [-0.15, -0.1) is 0 Å². The summed E-state index contributed by atoms with van der Waals surface area (Å²) in [6.07, 6.45) is 0. The third kappa shape index (κ3) is 2.03. The first-order valence-electron chi connectivity index (χ1n) is 2.76. The summed E-state index contributed by atoms with van der Waals surface area (Å²) in [4.78, 5) is 0. The summed E-state index contributed by atoms with van der Waals surface area (Å²) in [7, 11) is 0. The molecule has 0 saturated heterocycles. The number of anilines is 1. The zero-order valence-corrected chi connectivity index (χ0v) is 7.74. The summed E-state index contributed by atoms with van der Waals surface area (Å²) in [5.41, 5.74) is 7.03. The van der Waals surface area contributed by atoms with E-state index in [-0.39, 0.29) is 0 Å². The van der Waals surface area contributed by atoms with Gasteiger partial charge >= 0.3 is 74.6 Å². The molecule has 0 aliphatic carbocycles. The SMILES string of the molecule is Nc1cccc(N=[N][Zr])c1. The topological polar surface area (TPSA) is 50.7 Å². The molecule has 0 radical (unpaired) electrons. The molecule has 0 aliphatic rings. The number of nitrogen functional groups attached to an aromatic ring is 1. The Balaban J connectivity index is 2.95. The fourth-order valence-corrected chi connectivity index (χ4v) is 0.929. The Morgan fingerprint density at radius 2 is 2.20 bits per heavy atom. The number of benzene rings is 1. The number of nitrogens with two attached hydrogens (primary N) is 1. The molecule has 0 unspecified atom stereocenters. The Kier molecular flexibility index (Phi) is 2.75. The number of nitrogens with zero attached hydrogens (tertiary/aromatic N) is 2. The fourth-order valence-electron chi connectivity index (χ4n) is 0.645. The number of hydrogen-bond donors (Lipinski definition) is 1. The van der Waals surface area contributed by atoms with E-state index in [0.29, 0.717) is 0 Å². The van der Waals surface area contributed by atoms with Gasteiger partial charge in [0.15, 0.2) is 0 Å². The molecule has 0 aromatic heterocycles. The molecular weight excluding hydrogens is 205 g/mol. The molecule has 10 heavy (non-hydrogen) atoms. The van der Waals surface area contributed by atoms with Crippen molar-refractivity contribution in [3.05, 3.63) is 24.3 Å². The van der Waals surface area contributed by atoms with Crippen LogP contribution in [-0.4, -0.2) is 0 Å². The van der Waals surface area contributed by atoms with Gasteiger partial charge in [0.25, 0.3) is 0 Å². The quantitative estimate of drug-likeness (QED) is 0.559. The Morgan fingerprint density at radius 3 is 2.80 bits per heavy atom. The summed E-state index contributed by atoms with van der Waals surface area (Å²) in [5.74, 6) is 0. The van der Waals surface area contributed by atoms with Gasteiger partial charge in [-0.25, -0.2) is 0 Å². The van der Waals surface area contributed by atoms with Crippen LogP contribution in [0.1, 0.15) is 0 Å². The van der Waals surface area contributed by atoms with Gasteiger partial charge in [-0.1, -0.05) is 0 Å². The maximum absolute atomic E-state index is 5.49. The predicted octanol–water partition coefficient (Wildman–Crippen LogP) is 1.81. The molecule has 0 saturated carbocycles. The van der Waals surface area contributed by atoms with Crippen molar-refractivity contribution < 1.29 is 25.0 Å². The average molecular weight is 211 g/mol. The normalized spacial score (nSPS) is 10.3. The summed E-state index contributed by atoms with van der Waals surface area (Å²) in [6, 6.07) is 7.33. The number of rotatable bonds is 1. The summed E-state index contributed by atoms with van der Waals surface area (Å²) < 4.78 is 3.71. The third-order valence-electron chi connectivity index (χ3n) is 1.04. The van der Waals surface area contributed by atoms with E-state index in [0.717, 1.165) is 36.4 Å². The Morgan fingerprint density at radius 1 is 1.40 bits per heavy atom. The molecule has 0 bridgehead atoms. The van der Waals surface area contributed by atoms with Crippen molar-refractivity contribution in [2.24, 2.45) is 8.17 Å². The monoisotopic (exact) mass is 210 g/mol. The van der Waals surface area contributed by atoms with Crippen LogP contribution in [0.3, 0.4) is 0 Å². The van der Waals surface area contributed by atoms with Gasteiger partial charge in [-0.05, 0) is 0 Å². The molecule has 0 atom stereocenters. The van der Waals surface area contributed by atoms with Crippen LogP contribution in [0.15, 0.2) is 32.4 Å². The Hall–Kier alpha value is -0.497. The molecule has 0 heterocycles.